The van der Waals surface area contributed by atoms with E-state index in [9.17, 15) is 19.2 Å². The third-order valence-corrected chi connectivity index (χ3v) is 10.1. The standard InChI is InChI=1S/C30H46N4O4.4NO3/c1-31(15-7-25(35)8-16-31)23-33(19-11-27(37)12-20-33)29-5-3-4-6-30(29)34(21-13-28(38)14-22-34)24-32(2)17-9-26(36)10-18-32;4*2-1(3)4/h3-6H,7-24H2,1-2H3;;;;/q+4;4*-1. The second kappa shape index (κ2) is 20.7. The Hall–Kier alpha value is -5.46. The van der Waals surface area contributed by atoms with Gasteiger partial charge in [0.15, 0.2) is 11.4 Å². The summed E-state index contributed by atoms with van der Waals surface area (Å²) in [4.78, 5) is 82.2. The first-order valence-corrected chi connectivity index (χ1v) is 16.8. The Morgan fingerprint density at radius 2 is 0.611 bits per heavy atom. The van der Waals surface area contributed by atoms with Crippen molar-refractivity contribution in [2.45, 2.75) is 51.4 Å². The topological polar surface area (TPSA) is 333 Å². The van der Waals surface area contributed by atoms with E-state index in [1.807, 2.05) is 0 Å². The van der Waals surface area contributed by atoms with E-state index in [2.05, 4.69) is 38.4 Å². The molecule has 54 heavy (non-hydrogen) atoms. The molecule has 0 bridgehead atoms. The summed E-state index contributed by atoms with van der Waals surface area (Å²) >= 11 is 0. The number of piperidine rings is 4. The summed E-state index contributed by atoms with van der Waals surface area (Å²) in [5.41, 5.74) is 2.59. The molecule has 24 heteroatoms. The number of carbonyl (C=O) groups is 4. The molecular formula is C30H46N8O16. The third-order valence-electron chi connectivity index (χ3n) is 10.1. The van der Waals surface area contributed by atoms with E-state index in [0.29, 0.717) is 74.5 Å². The number of carbonyl (C=O) groups excluding carboxylic acids is 4. The highest BCUT2D eigenvalue weighted by Crippen LogP contribution is 2.43. The van der Waals surface area contributed by atoms with Gasteiger partial charge in [-0.05, 0) is 0 Å². The van der Waals surface area contributed by atoms with Crippen LogP contribution in [0.1, 0.15) is 51.4 Å². The van der Waals surface area contributed by atoms with Crippen molar-refractivity contribution in [1.82, 2.24) is 8.97 Å². The normalized spacial score (nSPS) is 20.6. The Bertz CT molecular complexity index is 1350. The van der Waals surface area contributed by atoms with Crippen molar-refractivity contribution in [1.29, 1.82) is 0 Å². The Kier molecular flexibility index (Phi) is 17.8. The first-order chi connectivity index (χ1) is 25.0. The van der Waals surface area contributed by atoms with Crippen LogP contribution in [0.5, 0.6) is 0 Å². The molecule has 0 radical (unpaired) electrons. The molecule has 302 valence electrons. The first kappa shape index (κ1) is 46.6. The van der Waals surface area contributed by atoms with Crippen LogP contribution in [0.15, 0.2) is 24.3 Å². The quantitative estimate of drug-likeness (QED) is 0.225. The summed E-state index contributed by atoms with van der Waals surface area (Å²) in [7, 11) is 4.57. The zero-order chi connectivity index (χ0) is 41.3. The van der Waals surface area contributed by atoms with Crippen LogP contribution >= 0.6 is 0 Å². The van der Waals surface area contributed by atoms with Gasteiger partial charge in [-0.15, -0.1) is 0 Å². The molecular weight excluding hydrogens is 728 g/mol. The smallest absolute Gasteiger partial charge is 0.212 e. The molecule has 1 aromatic carbocycles. The van der Waals surface area contributed by atoms with Crippen molar-refractivity contribution in [2.75, 3.05) is 79.8 Å². The molecule has 4 saturated heterocycles. The lowest BCUT2D eigenvalue weighted by molar-refractivity contribution is -0.919. The molecule has 0 amide bonds. The summed E-state index contributed by atoms with van der Waals surface area (Å²) in [6.45, 7) is 8.34. The lowest BCUT2D eigenvalue weighted by atomic mass is 9.99. The van der Waals surface area contributed by atoms with Crippen LogP contribution in [0.2, 0.25) is 0 Å². The molecule has 4 aliphatic heterocycles. The van der Waals surface area contributed by atoms with Gasteiger partial charge in [-0.1, -0.05) is 12.1 Å². The maximum atomic E-state index is 12.5. The van der Waals surface area contributed by atoms with Crippen LogP contribution < -0.4 is 8.97 Å². The molecule has 1 aromatic rings. The number of nitrogens with zero attached hydrogens (tertiary/aromatic N) is 8. The average molecular weight is 775 g/mol. The lowest BCUT2D eigenvalue weighted by Gasteiger charge is -2.51. The number of quaternary nitrogens is 4. The highest BCUT2D eigenvalue weighted by molar-refractivity contribution is 5.83. The van der Waals surface area contributed by atoms with Crippen LogP contribution in [0.25, 0.3) is 0 Å². The molecule has 0 spiro atoms. The molecule has 24 nitrogen and oxygen atoms in total. The van der Waals surface area contributed by atoms with Crippen molar-refractivity contribution in [3.63, 3.8) is 0 Å². The fourth-order valence-corrected chi connectivity index (χ4v) is 7.65. The van der Waals surface area contributed by atoms with Crippen molar-refractivity contribution in [3.05, 3.63) is 85.6 Å². The monoisotopic (exact) mass is 774 g/mol. The van der Waals surface area contributed by atoms with Gasteiger partial charge in [0.05, 0.1) is 138 Å². The van der Waals surface area contributed by atoms with Gasteiger partial charge in [-0.3, -0.25) is 28.1 Å². The minimum atomic E-state index is -1.75. The van der Waals surface area contributed by atoms with Gasteiger partial charge in [0.2, 0.25) is 13.3 Å². The number of rotatable bonds is 6. The van der Waals surface area contributed by atoms with Crippen molar-refractivity contribution < 1.29 is 48.5 Å². The first-order valence-electron chi connectivity index (χ1n) is 16.8. The molecule has 0 unspecified atom stereocenters. The Balaban J connectivity index is 0.000000774. The van der Waals surface area contributed by atoms with Crippen LogP contribution in [0.3, 0.4) is 0 Å². The minimum Gasteiger partial charge on any atom is -0.356 e. The molecule has 4 fully saturated rings. The molecule has 0 atom stereocenters. The van der Waals surface area contributed by atoms with E-state index in [1.54, 1.807) is 0 Å². The van der Waals surface area contributed by atoms with Gasteiger partial charge in [0.25, 0.3) is 0 Å². The highest BCUT2D eigenvalue weighted by Gasteiger charge is 2.51. The summed E-state index contributed by atoms with van der Waals surface area (Å²) in [6, 6.07) is 8.83. The van der Waals surface area contributed by atoms with E-state index in [4.69, 9.17) is 61.3 Å². The molecule has 5 rings (SSSR count). The van der Waals surface area contributed by atoms with Gasteiger partial charge in [-0.2, -0.15) is 0 Å². The van der Waals surface area contributed by atoms with Crippen molar-refractivity contribution in [3.8, 4) is 0 Å². The van der Waals surface area contributed by atoms with Gasteiger partial charge in [0.1, 0.15) is 23.1 Å². The number of para-hydroxylation sites is 2. The number of likely N-dealkylation sites (tertiary alicyclic amines) is 4. The Morgan fingerprint density at radius 3 is 0.815 bits per heavy atom. The summed E-state index contributed by atoms with van der Waals surface area (Å²) in [5, 5.41) is 59.0. The fourth-order valence-electron chi connectivity index (χ4n) is 7.65. The Morgan fingerprint density at radius 1 is 0.426 bits per heavy atom. The number of Topliss-reactive ketones (excluding diaryl/α,β-unsaturated/α-hetero) is 4. The van der Waals surface area contributed by atoms with E-state index in [0.717, 1.165) is 83.6 Å². The van der Waals surface area contributed by atoms with Crippen LogP contribution in [-0.2, 0) is 19.2 Å². The summed E-state index contributed by atoms with van der Waals surface area (Å²) in [6.07, 6.45) is 4.87. The minimum absolute atomic E-state index is 0.344. The molecule has 0 saturated carbocycles. The predicted octanol–water partition coefficient (Wildman–Crippen LogP) is 1.60. The average Bonchev–Trinajstić information content (AvgIpc) is 3.06. The second-order valence-corrected chi connectivity index (χ2v) is 14.1. The summed E-state index contributed by atoms with van der Waals surface area (Å²) in [5.74, 6) is 1.41. The number of benzene rings is 1. The van der Waals surface area contributed by atoms with E-state index in [1.165, 1.54) is 11.4 Å². The maximum Gasteiger partial charge on any atom is 0.212 e. The van der Waals surface area contributed by atoms with Gasteiger partial charge in [0, 0.05) is 12.1 Å². The lowest BCUT2D eigenvalue weighted by Crippen LogP contribution is -2.69. The maximum absolute atomic E-state index is 12.5. The van der Waals surface area contributed by atoms with Crippen LogP contribution in [0.4, 0.5) is 11.4 Å². The third kappa shape index (κ3) is 16.1. The number of hydrogen-bond acceptors (Lipinski definition) is 16. The van der Waals surface area contributed by atoms with Gasteiger partial charge >= 0.3 is 0 Å². The number of hydrogen-bond donors (Lipinski definition) is 0. The van der Waals surface area contributed by atoms with Crippen LogP contribution in [0, 0.1) is 61.3 Å². The number of ketones is 4. The zero-order valence-corrected chi connectivity index (χ0v) is 30.1. The molecule has 4 aliphatic rings. The van der Waals surface area contributed by atoms with Crippen molar-refractivity contribution >= 4 is 34.5 Å². The fraction of sp³-hybridized carbons (Fsp3) is 0.667. The van der Waals surface area contributed by atoms with E-state index in [-0.39, 0.29) is 0 Å². The van der Waals surface area contributed by atoms with E-state index >= 15 is 0 Å². The molecule has 4 heterocycles. The molecule has 0 aromatic heterocycles. The van der Waals surface area contributed by atoms with E-state index < -0.39 is 20.3 Å². The van der Waals surface area contributed by atoms with Crippen LogP contribution in [-0.4, -0.2) is 132 Å². The molecule has 0 aliphatic carbocycles. The summed E-state index contributed by atoms with van der Waals surface area (Å²) < 4.78 is 3.23. The highest BCUT2D eigenvalue weighted by atomic mass is 16.9. The second-order valence-electron chi connectivity index (χ2n) is 14.1. The predicted molar refractivity (Wildman–Crippen MR) is 189 cm³/mol. The van der Waals surface area contributed by atoms with Crippen molar-refractivity contribution in [2.24, 2.45) is 0 Å². The SMILES string of the molecule is C[N+]1(C[N+]2(c3ccccc3[N+]3(C[N+]4(C)CCC(=O)CC4)CCC(=O)CC3)CCC(=O)CC2)CCC(=O)CC1.O=[N+]([O-])[O-].O=[N+]([O-])[O-].O=[N+]([O-])[O-].O=[N+]([O-])[O-]. The largest absolute Gasteiger partial charge is 0.356 e. The Labute approximate surface area is 308 Å². The van der Waals surface area contributed by atoms with Gasteiger partial charge in [-0.25, -0.2) is 8.97 Å². The molecule has 0 N–H and O–H groups in total. The van der Waals surface area contributed by atoms with Gasteiger partial charge < -0.3 is 61.3 Å². The zero-order valence-electron chi connectivity index (χ0n) is 30.1.